The summed E-state index contributed by atoms with van der Waals surface area (Å²) in [5, 5.41) is 9.57. The number of hydrogen-bond donors (Lipinski definition) is 0. The van der Waals surface area contributed by atoms with Gasteiger partial charge in [-0.3, -0.25) is 0 Å². The average Bonchev–Trinajstić information content (AvgIpc) is 3.06. The Bertz CT molecular complexity index is 852. The molecular formula is C19H14BrNO3. The van der Waals surface area contributed by atoms with Gasteiger partial charge < -0.3 is 14.2 Å². The molecule has 1 heterocycles. The van der Waals surface area contributed by atoms with Crippen LogP contribution >= 0.6 is 15.9 Å². The van der Waals surface area contributed by atoms with Crippen LogP contribution in [-0.4, -0.2) is 13.4 Å². The summed E-state index contributed by atoms with van der Waals surface area (Å²) >= 11 is 3.45. The molecule has 0 amide bonds. The Labute approximate surface area is 148 Å². The van der Waals surface area contributed by atoms with E-state index < -0.39 is 0 Å². The number of halogens is 1. The van der Waals surface area contributed by atoms with Crippen LogP contribution in [0.5, 0.6) is 17.2 Å². The number of nitriles is 1. The summed E-state index contributed by atoms with van der Waals surface area (Å²) in [6.45, 7) is 4.25. The van der Waals surface area contributed by atoms with E-state index in [0.717, 1.165) is 15.6 Å². The fraction of sp³-hybridized carbons (Fsp3) is 0.105. The summed E-state index contributed by atoms with van der Waals surface area (Å²) in [5.41, 5.74) is 2.08. The molecule has 0 N–H and O–H groups in total. The SMILES string of the molecule is C=CCOc1ccc(Br)cc1/C=C(/C#N)c1ccc2c(c1)OCO2. The summed E-state index contributed by atoms with van der Waals surface area (Å²) in [4.78, 5) is 0. The Kier molecular flexibility index (Phi) is 4.88. The van der Waals surface area contributed by atoms with Crippen molar-refractivity contribution in [2.45, 2.75) is 0 Å². The fourth-order valence-electron chi connectivity index (χ4n) is 2.31. The lowest BCUT2D eigenvalue weighted by Crippen LogP contribution is -1.95. The molecule has 2 aromatic carbocycles. The summed E-state index contributed by atoms with van der Waals surface area (Å²) in [5.74, 6) is 2.02. The van der Waals surface area contributed by atoms with Crippen molar-refractivity contribution in [2.75, 3.05) is 13.4 Å². The van der Waals surface area contributed by atoms with E-state index in [9.17, 15) is 5.26 Å². The molecule has 24 heavy (non-hydrogen) atoms. The van der Waals surface area contributed by atoms with Crippen molar-refractivity contribution in [3.63, 3.8) is 0 Å². The van der Waals surface area contributed by atoms with Crippen LogP contribution in [-0.2, 0) is 0 Å². The van der Waals surface area contributed by atoms with Crippen molar-refractivity contribution in [2.24, 2.45) is 0 Å². The van der Waals surface area contributed by atoms with Gasteiger partial charge in [0.25, 0.3) is 0 Å². The van der Waals surface area contributed by atoms with E-state index in [2.05, 4.69) is 28.6 Å². The number of fused-ring (bicyclic) bond motifs is 1. The first-order valence-electron chi connectivity index (χ1n) is 7.26. The van der Waals surface area contributed by atoms with Gasteiger partial charge in [-0.15, -0.1) is 0 Å². The highest BCUT2D eigenvalue weighted by Gasteiger charge is 2.15. The summed E-state index contributed by atoms with van der Waals surface area (Å²) < 4.78 is 17.2. The molecule has 0 saturated heterocycles. The Morgan fingerprint density at radius 1 is 1.25 bits per heavy atom. The van der Waals surface area contributed by atoms with Crippen LogP contribution in [0.4, 0.5) is 0 Å². The van der Waals surface area contributed by atoms with Crippen LogP contribution < -0.4 is 14.2 Å². The van der Waals surface area contributed by atoms with Gasteiger partial charge in [0, 0.05) is 10.0 Å². The third kappa shape index (κ3) is 3.44. The maximum absolute atomic E-state index is 9.57. The molecule has 1 aliphatic heterocycles. The van der Waals surface area contributed by atoms with E-state index in [1.807, 2.05) is 24.3 Å². The molecule has 0 radical (unpaired) electrons. The molecule has 4 nitrogen and oxygen atoms in total. The molecule has 0 aromatic heterocycles. The monoisotopic (exact) mass is 383 g/mol. The largest absolute Gasteiger partial charge is 0.489 e. The second-order valence-corrected chi connectivity index (χ2v) is 5.94. The smallest absolute Gasteiger partial charge is 0.231 e. The second kappa shape index (κ2) is 7.24. The molecule has 1 aliphatic rings. The predicted octanol–water partition coefficient (Wildman–Crippen LogP) is 4.81. The van der Waals surface area contributed by atoms with Gasteiger partial charge in [0.15, 0.2) is 11.5 Å². The normalized spacial score (nSPS) is 12.6. The number of nitrogens with zero attached hydrogens (tertiary/aromatic N) is 1. The van der Waals surface area contributed by atoms with E-state index in [-0.39, 0.29) is 6.79 Å². The van der Waals surface area contributed by atoms with E-state index in [4.69, 9.17) is 14.2 Å². The zero-order chi connectivity index (χ0) is 16.9. The average molecular weight is 384 g/mol. The van der Waals surface area contributed by atoms with E-state index in [1.54, 1.807) is 24.3 Å². The number of rotatable bonds is 5. The minimum absolute atomic E-state index is 0.204. The zero-order valence-electron chi connectivity index (χ0n) is 12.8. The van der Waals surface area contributed by atoms with Crippen molar-refractivity contribution in [3.05, 3.63) is 64.7 Å². The number of ether oxygens (including phenoxy) is 3. The standard InChI is InChI=1S/C19H14BrNO3/c1-2-7-22-17-6-4-16(20)9-14(17)8-15(11-21)13-3-5-18-19(10-13)24-12-23-18/h2-6,8-10H,1,7,12H2/b15-8-. The third-order valence-corrected chi connectivity index (χ3v) is 3.93. The van der Waals surface area contributed by atoms with Crippen molar-refractivity contribution < 1.29 is 14.2 Å². The number of allylic oxidation sites excluding steroid dienone is 1. The van der Waals surface area contributed by atoms with Gasteiger partial charge in [0.2, 0.25) is 6.79 Å². The minimum Gasteiger partial charge on any atom is -0.489 e. The molecule has 0 fully saturated rings. The molecule has 0 unspecified atom stereocenters. The van der Waals surface area contributed by atoms with Gasteiger partial charge in [-0.1, -0.05) is 28.6 Å². The highest BCUT2D eigenvalue weighted by Crippen LogP contribution is 2.35. The quantitative estimate of drug-likeness (QED) is 0.422. The third-order valence-electron chi connectivity index (χ3n) is 3.43. The molecule has 120 valence electrons. The molecule has 0 atom stereocenters. The van der Waals surface area contributed by atoms with Gasteiger partial charge in [0.1, 0.15) is 12.4 Å². The van der Waals surface area contributed by atoms with Gasteiger partial charge in [-0.2, -0.15) is 5.26 Å². The van der Waals surface area contributed by atoms with Crippen LogP contribution in [0.3, 0.4) is 0 Å². The predicted molar refractivity (Wildman–Crippen MR) is 95.9 cm³/mol. The van der Waals surface area contributed by atoms with Crippen molar-refractivity contribution in [3.8, 4) is 23.3 Å². The highest BCUT2D eigenvalue weighted by molar-refractivity contribution is 9.10. The molecule has 0 spiro atoms. The van der Waals surface area contributed by atoms with Gasteiger partial charge in [0.05, 0.1) is 11.6 Å². The Morgan fingerprint density at radius 3 is 2.88 bits per heavy atom. The van der Waals surface area contributed by atoms with Crippen molar-refractivity contribution in [1.29, 1.82) is 5.26 Å². The summed E-state index contributed by atoms with van der Waals surface area (Å²) in [6.07, 6.45) is 3.47. The van der Waals surface area contributed by atoms with E-state index in [1.165, 1.54) is 0 Å². The minimum atomic E-state index is 0.204. The van der Waals surface area contributed by atoms with E-state index in [0.29, 0.717) is 29.4 Å². The molecular weight excluding hydrogens is 370 g/mol. The molecule has 0 bridgehead atoms. The van der Waals surface area contributed by atoms with Gasteiger partial charge in [-0.25, -0.2) is 0 Å². The van der Waals surface area contributed by atoms with Crippen LogP contribution in [0, 0.1) is 11.3 Å². The molecule has 0 saturated carbocycles. The first kappa shape index (κ1) is 16.2. The lowest BCUT2D eigenvalue weighted by molar-refractivity contribution is 0.174. The lowest BCUT2D eigenvalue weighted by Gasteiger charge is -2.09. The highest BCUT2D eigenvalue weighted by atomic mass is 79.9. The maximum Gasteiger partial charge on any atom is 0.231 e. The Balaban J connectivity index is 2.00. The summed E-state index contributed by atoms with van der Waals surface area (Å²) in [6, 6.07) is 13.3. The zero-order valence-corrected chi connectivity index (χ0v) is 14.4. The first-order chi connectivity index (χ1) is 11.7. The van der Waals surface area contributed by atoms with Gasteiger partial charge in [-0.05, 0) is 48.0 Å². The molecule has 0 aliphatic carbocycles. The number of hydrogen-bond acceptors (Lipinski definition) is 4. The van der Waals surface area contributed by atoms with E-state index >= 15 is 0 Å². The van der Waals surface area contributed by atoms with Crippen LogP contribution in [0.15, 0.2) is 53.5 Å². The van der Waals surface area contributed by atoms with Crippen LogP contribution in [0.2, 0.25) is 0 Å². The lowest BCUT2D eigenvalue weighted by atomic mass is 10.0. The Hall–Kier alpha value is -2.71. The van der Waals surface area contributed by atoms with Crippen LogP contribution in [0.25, 0.3) is 11.6 Å². The first-order valence-corrected chi connectivity index (χ1v) is 8.05. The Morgan fingerprint density at radius 2 is 2.08 bits per heavy atom. The van der Waals surface area contributed by atoms with Gasteiger partial charge >= 0.3 is 0 Å². The van der Waals surface area contributed by atoms with Crippen molar-refractivity contribution >= 4 is 27.6 Å². The second-order valence-electron chi connectivity index (χ2n) is 5.02. The molecule has 5 heteroatoms. The van der Waals surface area contributed by atoms with Crippen molar-refractivity contribution in [1.82, 2.24) is 0 Å². The van der Waals surface area contributed by atoms with Crippen LogP contribution in [0.1, 0.15) is 11.1 Å². The number of benzene rings is 2. The molecule has 3 rings (SSSR count). The topological polar surface area (TPSA) is 51.5 Å². The summed E-state index contributed by atoms with van der Waals surface area (Å²) in [7, 11) is 0. The maximum atomic E-state index is 9.57. The fourth-order valence-corrected chi connectivity index (χ4v) is 2.69. The molecule has 2 aromatic rings.